The van der Waals surface area contributed by atoms with Crippen molar-refractivity contribution >= 4 is 17.0 Å². The van der Waals surface area contributed by atoms with E-state index in [0.29, 0.717) is 23.0 Å². The third kappa shape index (κ3) is 3.55. The Labute approximate surface area is 188 Å². The topological polar surface area (TPSA) is 109 Å². The molecular formula is C24H22N4O5. The van der Waals surface area contributed by atoms with Crippen LogP contribution in [-0.4, -0.2) is 32.2 Å². The summed E-state index contributed by atoms with van der Waals surface area (Å²) in [5.41, 5.74) is 1.05. The van der Waals surface area contributed by atoms with Gasteiger partial charge in [-0.3, -0.25) is 13.9 Å². The molecule has 5 rings (SSSR count). The molecule has 1 saturated carbocycles. The van der Waals surface area contributed by atoms with Crippen LogP contribution in [0.3, 0.4) is 0 Å². The number of benzene rings is 1. The van der Waals surface area contributed by atoms with Gasteiger partial charge in [0.2, 0.25) is 5.89 Å². The highest BCUT2D eigenvalue weighted by Crippen LogP contribution is 2.40. The van der Waals surface area contributed by atoms with Gasteiger partial charge in [-0.1, -0.05) is 18.2 Å². The number of esters is 1. The van der Waals surface area contributed by atoms with Crippen LogP contribution in [0.25, 0.3) is 22.5 Å². The van der Waals surface area contributed by atoms with Gasteiger partial charge >= 0.3 is 11.7 Å². The highest BCUT2D eigenvalue weighted by molar-refractivity contribution is 6.02. The van der Waals surface area contributed by atoms with Gasteiger partial charge in [-0.05, 0) is 38.0 Å². The number of oxazole rings is 1. The molecule has 9 nitrogen and oxygen atoms in total. The van der Waals surface area contributed by atoms with E-state index in [0.717, 1.165) is 23.0 Å². The van der Waals surface area contributed by atoms with Gasteiger partial charge in [0.1, 0.15) is 17.1 Å². The van der Waals surface area contributed by atoms with Crippen LogP contribution in [0.2, 0.25) is 0 Å². The Morgan fingerprint density at radius 2 is 1.91 bits per heavy atom. The zero-order valence-electron chi connectivity index (χ0n) is 18.5. The van der Waals surface area contributed by atoms with Crippen molar-refractivity contribution in [2.24, 2.45) is 7.05 Å². The summed E-state index contributed by atoms with van der Waals surface area (Å²) in [5.74, 6) is 0.484. The molecule has 33 heavy (non-hydrogen) atoms. The molecule has 0 amide bonds. The van der Waals surface area contributed by atoms with Crippen molar-refractivity contribution in [3.63, 3.8) is 0 Å². The Morgan fingerprint density at radius 1 is 1.18 bits per heavy atom. The SMILES string of the molecule is COC(=O)c1cc(C2CC2)nc2c1c(=O)n(Cc1nc(-c3ccccc3)oc1C)c(=O)n2C. The minimum atomic E-state index is -0.643. The number of aryl methyl sites for hydroxylation is 2. The van der Waals surface area contributed by atoms with Crippen LogP contribution in [0.1, 0.15) is 46.3 Å². The smallest absolute Gasteiger partial charge is 0.338 e. The number of nitrogens with zero attached hydrogens (tertiary/aromatic N) is 4. The molecule has 4 aromatic rings. The Balaban J connectivity index is 1.68. The Morgan fingerprint density at radius 3 is 2.58 bits per heavy atom. The van der Waals surface area contributed by atoms with Crippen molar-refractivity contribution in [2.75, 3.05) is 7.11 Å². The molecule has 0 saturated heterocycles. The number of fused-ring (bicyclic) bond motifs is 1. The second kappa shape index (κ2) is 7.84. The van der Waals surface area contributed by atoms with E-state index < -0.39 is 17.2 Å². The van der Waals surface area contributed by atoms with E-state index in [1.807, 2.05) is 30.3 Å². The summed E-state index contributed by atoms with van der Waals surface area (Å²) in [4.78, 5) is 48.2. The fourth-order valence-electron chi connectivity index (χ4n) is 3.93. The lowest BCUT2D eigenvalue weighted by atomic mass is 10.1. The van der Waals surface area contributed by atoms with E-state index in [2.05, 4.69) is 9.97 Å². The molecule has 0 atom stereocenters. The number of pyridine rings is 1. The first-order chi connectivity index (χ1) is 15.9. The number of methoxy groups -OCH3 is 1. The zero-order valence-corrected chi connectivity index (χ0v) is 18.5. The number of hydrogen-bond donors (Lipinski definition) is 0. The van der Waals surface area contributed by atoms with Gasteiger partial charge in [0.05, 0.1) is 24.6 Å². The first kappa shape index (κ1) is 20.9. The summed E-state index contributed by atoms with van der Waals surface area (Å²) in [5, 5.41) is 0.0535. The third-order valence-corrected chi connectivity index (χ3v) is 5.94. The lowest BCUT2D eigenvalue weighted by Gasteiger charge is -2.13. The molecular weight excluding hydrogens is 424 g/mol. The number of hydrogen-bond acceptors (Lipinski definition) is 7. The molecule has 1 aliphatic rings. The van der Waals surface area contributed by atoms with Crippen molar-refractivity contribution in [2.45, 2.75) is 32.2 Å². The Kier molecular flexibility index (Phi) is 4.96. The molecule has 3 aromatic heterocycles. The molecule has 0 aliphatic heterocycles. The molecule has 0 unspecified atom stereocenters. The maximum atomic E-state index is 13.5. The van der Waals surface area contributed by atoms with Gasteiger partial charge in [0, 0.05) is 24.2 Å². The largest absolute Gasteiger partial charge is 0.465 e. The second-order valence-corrected chi connectivity index (χ2v) is 8.18. The number of carbonyl (C=O) groups excluding carboxylic acids is 1. The van der Waals surface area contributed by atoms with E-state index >= 15 is 0 Å². The molecule has 1 aromatic carbocycles. The molecule has 168 valence electrons. The van der Waals surface area contributed by atoms with Crippen molar-refractivity contribution in [1.82, 2.24) is 19.1 Å². The molecule has 0 bridgehead atoms. The monoisotopic (exact) mass is 446 g/mol. The summed E-state index contributed by atoms with van der Waals surface area (Å²) < 4.78 is 13.0. The van der Waals surface area contributed by atoms with Gasteiger partial charge in [-0.15, -0.1) is 0 Å². The molecule has 1 fully saturated rings. The number of aromatic nitrogens is 4. The van der Waals surface area contributed by atoms with Crippen molar-refractivity contribution in [1.29, 1.82) is 0 Å². The minimum Gasteiger partial charge on any atom is -0.465 e. The maximum absolute atomic E-state index is 13.5. The summed E-state index contributed by atoms with van der Waals surface area (Å²) in [6.07, 6.45) is 1.92. The Bertz CT molecular complexity index is 1510. The molecule has 0 radical (unpaired) electrons. The van der Waals surface area contributed by atoms with E-state index in [4.69, 9.17) is 9.15 Å². The van der Waals surface area contributed by atoms with Gasteiger partial charge in [-0.2, -0.15) is 0 Å². The summed E-state index contributed by atoms with van der Waals surface area (Å²) >= 11 is 0. The standard InChI is InChI=1S/C24H22N4O5/c1-13-18(26-21(33-13)15-7-5-4-6-8-15)12-28-22(29)19-16(23(30)32-3)11-17(14-9-10-14)25-20(19)27(2)24(28)31/h4-8,11,14H,9-10,12H2,1-3H3. The summed E-state index contributed by atoms with van der Waals surface area (Å²) in [6.45, 7) is 1.63. The van der Waals surface area contributed by atoms with Crippen LogP contribution in [0.15, 0.2) is 50.4 Å². The highest BCUT2D eigenvalue weighted by atomic mass is 16.5. The predicted octanol–water partition coefficient (Wildman–Crippen LogP) is 2.77. The van der Waals surface area contributed by atoms with E-state index in [9.17, 15) is 14.4 Å². The van der Waals surface area contributed by atoms with Crippen molar-refractivity contribution in [3.05, 3.63) is 79.9 Å². The first-order valence-electron chi connectivity index (χ1n) is 10.6. The maximum Gasteiger partial charge on any atom is 0.338 e. The van der Waals surface area contributed by atoms with Gasteiger partial charge in [0.25, 0.3) is 5.56 Å². The fraction of sp³-hybridized carbons (Fsp3) is 0.292. The lowest BCUT2D eigenvalue weighted by Crippen LogP contribution is -2.40. The molecule has 0 N–H and O–H groups in total. The van der Waals surface area contributed by atoms with Crippen LogP contribution in [0.5, 0.6) is 0 Å². The van der Waals surface area contributed by atoms with E-state index in [1.165, 1.54) is 18.7 Å². The van der Waals surface area contributed by atoms with Gasteiger partial charge < -0.3 is 9.15 Å². The van der Waals surface area contributed by atoms with Gasteiger partial charge in [0.15, 0.2) is 0 Å². The average Bonchev–Trinajstić information content (AvgIpc) is 3.62. The first-order valence-corrected chi connectivity index (χ1v) is 10.6. The third-order valence-electron chi connectivity index (χ3n) is 5.94. The van der Waals surface area contributed by atoms with Crippen molar-refractivity contribution < 1.29 is 13.9 Å². The summed E-state index contributed by atoms with van der Waals surface area (Å²) in [6, 6.07) is 11.0. The molecule has 3 heterocycles. The predicted molar refractivity (Wildman–Crippen MR) is 120 cm³/mol. The van der Waals surface area contributed by atoms with Crippen LogP contribution in [0, 0.1) is 6.92 Å². The summed E-state index contributed by atoms with van der Waals surface area (Å²) in [7, 11) is 2.80. The van der Waals surface area contributed by atoms with E-state index in [1.54, 1.807) is 13.0 Å². The van der Waals surface area contributed by atoms with Crippen LogP contribution >= 0.6 is 0 Å². The van der Waals surface area contributed by atoms with E-state index in [-0.39, 0.29) is 29.1 Å². The van der Waals surface area contributed by atoms with Crippen molar-refractivity contribution in [3.8, 4) is 11.5 Å². The van der Waals surface area contributed by atoms with Gasteiger partial charge in [-0.25, -0.2) is 19.6 Å². The quantitative estimate of drug-likeness (QED) is 0.434. The van der Waals surface area contributed by atoms with Crippen LogP contribution in [-0.2, 0) is 18.3 Å². The molecule has 9 heteroatoms. The highest BCUT2D eigenvalue weighted by Gasteiger charge is 2.29. The normalized spacial score (nSPS) is 13.4. The average molecular weight is 446 g/mol. The number of carbonyl (C=O) groups is 1. The zero-order chi connectivity index (χ0) is 23.3. The Hall–Kier alpha value is -4.01. The number of rotatable bonds is 5. The second-order valence-electron chi connectivity index (χ2n) is 8.18. The minimum absolute atomic E-state index is 0.0535. The lowest BCUT2D eigenvalue weighted by molar-refractivity contribution is 0.0602. The fourth-order valence-corrected chi connectivity index (χ4v) is 3.93. The molecule has 0 spiro atoms. The van der Waals surface area contributed by atoms with Crippen LogP contribution < -0.4 is 11.2 Å². The van der Waals surface area contributed by atoms with Crippen LogP contribution in [0.4, 0.5) is 0 Å². The number of ether oxygens (including phenoxy) is 1. The molecule has 1 aliphatic carbocycles.